The molecule has 0 bridgehead atoms. The van der Waals surface area contributed by atoms with Gasteiger partial charge in [-0.05, 0) is 19.1 Å². The smallest absolute Gasteiger partial charge is 0.284 e. The van der Waals surface area contributed by atoms with Gasteiger partial charge in [0.15, 0.2) is 0 Å². The van der Waals surface area contributed by atoms with Crippen molar-refractivity contribution in [1.82, 2.24) is 4.98 Å². The summed E-state index contributed by atoms with van der Waals surface area (Å²) in [6.45, 7) is 1.82. The maximum Gasteiger partial charge on any atom is 0.284 e. The number of hydrogen-bond donors (Lipinski definition) is 1. The van der Waals surface area contributed by atoms with E-state index in [1.165, 1.54) is 12.1 Å². The molecule has 7 nitrogen and oxygen atoms in total. The highest BCUT2D eigenvalue weighted by atomic mass is 16.6. The molecule has 7 heteroatoms. The monoisotopic (exact) mass is 297 g/mol. The summed E-state index contributed by atoms with van der Waals surface area (Å²) in [4.78, 5) is 24.1. The number of hydrogen-bond acceptors (Lipinski definition) is 4. The van der Waals surface area contributed by atoms with Crippen molar-refractivity contribution in [2.45, 2.75) is 6.92 Å². The van der Waals surface area contributed by atoms with E-state index in [4.69, 9.17) is 0 Å². The molecule has 1 heterocycles. The van der Waals surface area contributed by atoms with Gasteiger partial charge >= 0.3 is 0 Å². The largest absolute Gasteiger partial charge is 0.358 e. The van der Waals surface area contributed by atoms with Crippen LogP contribution in [0.2, 0.25) is 0 Å². The van der Waals surface area contributed by atoms with Crippen LogP contribution in [-0.2, 0) is 0 Å². The number of rotatable bonds is 3. The third kappa shape index (κ3) is 2.08. The second-order valence-corrected chi connectivity index (χ2v) is 4.89. The topological polar surface area (TPSA) is 102 Å². The minimum atomic E-state index is -0.640. The van der Waals surface area contributed by atoms with Gasteiger partial charge in [0.05, 0.1) is 21.5 Å². The van der Waals surface area contributed by atoms with E-state index in [1.54, 1.807) is 0 Å². The predicted molar refractivity (Wildman–Crippen MR) is 81.8 cm³/mol. The van der Waals surface area contributed by atoms with Crippen LogP contribution in [0.15, 0.2) is 42.5 Å². The first-order chi connectivity index (χ1) is 10.5. The molecule has 2 aromatic carbocycles. The average molecular weight is 297 g/mol. The molecule has 0 aliphatic heterocycles. The lowest BCUT2D eigenvalue weighted by molar-refractivity contribution is -0.393. The first-order valence-electron chi connectivity index (χ1n) is 6.49. The summed E-state index contributed by atoms with van der Waals surface area (Å²) in [5.74, 6) is 0. The number of nitrogens with zero attached hydrogens (tertiary/aromatic N) is 2. The Morgan fingerprint density at radius 2 is 1.73 bits per heavy atom. The fourth-order valence-corrected chi connectivity index (χ4v) is 2.62. The van der Waals surface area contributed by atoms with Crippen LogP contribution in [0, 0.1) is 27.2 Å². The maximum atomic E-state index is 11.3. The Morgan fingerprint density at radius 1 is 1.00 bits per heavy atom. The van der Waals surface area contributed by atoms with E-state index < -0.39 is 9.85 Å². The van der Waals surface area contributed by atoms with Gasteiger partial charge in [0.25, 0.3) is 11.4 Å². The van der Waals surface area contributed by atoms with Gasteiger partial charge in [-0.3, -0.25) is 20.2 Å². The minimum Gasteiger partial charge on any atom is -0.358 e. The highest BCUT2D eigenvalue weighted by Crippen LogP contribution is 2.39. The highest BCUT2D eigenvalue weighted by Gasteiger charge is 2.23. The van der Waals surface area contributed by atoms with Crippen LogP contribution in [0.5, 0.6) is 0 Å². The summed E-state index contributed by atoms with van der Waals surface area (Å²) in [6.07, 6.45) is 0. The molecule has 0 saturated carbocycles. The highest BCUT2D eigenvalue weighted by molar-refractivity contribution is 5.99. The molecule has 0 fully saturated rings. The van der Waals surface area contributed by atoms with E-state index in [0.29, 0.717) is 11.1 Å². The quantitative estimate of drug-likeness (QED) is 0.583. The number of aryl methyl sites for hydroxylation is 1. The first-order valence-corrected chi connectivity index (χ1v) is 6.49. The number of aromatic nitrogens is 1. The normalized spacial score (nSPS) is 10.8. The van der Waals surface area contributed by atoms with Crippen LogP contribution in [0.4, 0.5) is 11.4 Å². The van der Waals surface area contributed by atoms with Crippen molar-refractivity contribution in [2.24, 2.45) is 0 Å². The van der Waals surface area contributed by atoms with E-state index in [0.717, 1.165) is 22.7 Å². The first kappa shape index (κ1) is 13.7. The molecule has 3 aromatic rings. The summed E-state index contributed by atoms with van der Waals surface area (Å²) >= 11 is 0. The van der Waals surface area contributed by atoms with Gasteiger partial charge in [0, 0.05) is 28.2 Å². The van der Waals surface area contributed by atoms with Crippen molar-refractivity contribution in [3.63, 3.8) is 0 Å². The SMILES string of the molecule is Cc1[nH]c2ccccc2c1-c1ccc([N+](=O)[O-])cc1[N+](=O)[O-]. The van der Waals surface area contributed by atoms with E-state index >= 15 is 0 Å². The average Bonchev–Trinajstić information content (AvgIpc) is 2.82. The van der Waals surface area contributed by atoms with Gasteiger partial charge in [-0.15, -0.1) is 0 Å². The fourth-order valence-electron chi connectivity index (χ4n) is 2.62. The van der Waals surface area contributed by atoms with Crippen molar-refractivity contribution < 1.29 is 9.85 Å². The third-order valence-corrected chi connectivity index (χ3v) is 3.55. The summed E-state index contributed by atoms with van der Waals surface area (Å²) in [5.41, 5.74) is 2.12. The van der Waals surface area contributed by atoms with Crippen LogP contribution in [0.25, 0.3) is 22.0 Å². The molecule has 0 atom stereocenters. The van der Waals surface area contributed by atoms with Gasteiger partial charge in [0.1, 0.15) is 0 Å². The number of aromatic amines is 1. The molecule has 0 unspecified atom stereocenters. The molecule has 0 aliphatic rings. The van der Waals surface area contributed by atoms with Crippen LogP contribution >= 0.6 is 0 Å². The number of fused-ring (bicyclic) bond motifs is 1. The van der Waals surface area contributed by atoms with Crippen LogP contribution in [-0.4, -0.2) is 14.8 Å². The van der Waals surface area contributed by atoms with Crippen molar-refractivity contribution in [3.8, 4) is 11.1 Å². The fraction of sp³-hybridized carbons (Fsp3) is 0.0667. The van der Waals surface area contributed by atoms with Crippen molar-refractivity contribution in [1.29, 1.82) is 0 Å². The Bertz CT molecular complexity index is 914. The Kier molecular flexibility index (Phi) is 3.10. The molecule has 0 aliphatic carbocycles. The molecule has 1 aromatic heterocycles. The molecule has 0 amide bonds. The van der Waals surface area contributed by atoms with E-state index in [1.807, 2.05) is 31.2 Å². The second-order valence-electron chi connectivity index (χ2n) is 4.89. The molecule has 0 spiro atoms. The van der Waals surface area contributed by atoms with E-state index in [2.05, 4.69) is 4.98 Å². The number of non-ortho nitro benzene ring substituents is 1. The van der Waals surface area contributed by atoms with Crippen molar-refractivity contribution in [3.05, 3.63) is 68.4 Å². The molecule has 0 saturated heterocycles. The van der Waals surface area contributed by atoms with Gasteiger partial charge in [-0.1, -0.05) is 18.2 Å². The lowest BCUT2D eigenvalue weighted by Gasteiger charge is -2.04. The Balaban J connectivity index is 2.33. The molecule has 0 radical (unpaired) electrons. The standard InChI is InChI=1S/C15H11N3O4/c1-9-15(11-4-2-3-5-13(11)16-9)12-7-6-10(17(19)20)8-14(12)18(21)22/h2-8,16H,1H3. The van der Waals surface area contributed by atoms with E-state index in [-0.39, 0.29) is 11.4 Å². The summed E-state index contributed by atoms with van der Waals surface area (Å²) in [6, 6.07) is 11.2. The van der Waals surface area contributed by atoms with Gasteiger partial charge in [0.2, 0.25) is 0 Å². The van der Waals surface area contributed by atoms with Crippen molar-refractivity contribution in [2.75, 3.05) is 0 Å². The number of nitro groups is 2. The third-order valence-electron chi connectivity index (χ3n) is 3.55. The molecular weight excluding hydrogens is 286 g/mol. The summed E-state index contributed by atoms with van der Waals surface area (Å²) in [5, 5.41) is 23.0. The van der Waals surface area contributed by atoms with Crippen LogP contribution in [0.1, 0.15) is 5.69 Å². The molecular formula is C15H11N3O4. The minimum absolute atomic E-state index is 0.276. The maximum absolute atomic E-state index is 11.3. The Labute approximate surface area is 124 Å². The molecule has 110 valence electrons. The number of benzene rings is 2. The lowest BCUT2D eigenvalue weighted by Crippen LogP contribution is -1.95. The molecule has 22 heavy (non-hydrogen) atoms. The number of nitro benzene ring substituents is 2. The number of para-hydroxylation sites is 1. The van der Waals surface area contributed by atoms with Gasteiger partial charge in [-0.2, -0.15) is 0 Å². The van der Waals surface area contributed by atoms with Crippen molar-refractivity contribution >= 4 is 22.3 Å². The zero-order valence-electron chi connectivity index (χ0n) is 11.6. The van der Waals surface area contributed by atoms with Crippen LogP contribution < -0.4 is 0 Å². The van der Waals surface area contributed by atoms with Gasteiger partial charge < -0.3 is 4.98 Å². The lowest BCUT2D eigenvalue weighted by atomic mass is 10.00. The Morgan fingerprint density at radius 3 is 2.41 bits per heavy atom. The van der Waals surface area contributed by atoms with Crippen LogP contribution in [0.3, 0.4) is 0 Å². The predicted octanol–water partition coefficient (Wildman–Crippen LogP) is 3.96. The molecule has 3 rings (SSSR count). The summed E-state index contributed by atoms with van der Waals surface area (Å²) in [7, 11) is 0. The zero-order chi connectivity index (χ0) is 15.9. The summed E-state index contributed by atoms with van der Waals surface area (Å²) < 4.78 is 0. The number of nitrogens with one attached hydrogen (secondary N) is 1. The number of H-pyrrole nitrogens is 1. The van der Waals surface area contributed by atoms with Gasteiger partial charge in [-0.25, -0.2) is 0 Å². The van der Waals surface area contributed by atoms with E-state index in [9.17, 15) is 20.2 Å². The zero-order valence-corrected chi connectivity index (χ0v) is 11.6. The Hall–Kier alpha value is -3.22. The second kappa shape index (κ2) is 4.96. The molecule has 1 N–H and O–H groups in total.